The zero-order valence-corrected chi connectivity index (χ0v) is 12.7. The first-order valence-electron chi connectivity index (χ1n) is 6.63. The number of amides is 1. The van der Waals surface area contributed by atoms with E-state index in [1.54, 1.807) is 0 Å². The lowest BCUT2D eigenvalue weighted by molar-refractivity contribution is -0.0591. The minimum absolute atomic E-state index is 0.132. The van der Waals surface area contributed by atoms with Crippen LogP contribution >= 0.6 is 11.6 Å². The quantitative estimate of drug-likeness (QED) is 0.867. The van der Waals surface area contributed by atoms with Crippen LogP contribution in [0.15, 0.2) is 6.20 Å². The van der Waals surface area contributed by atoms with Gasteiger partial charge in [0.15, 0.2) is 5.69 Å². The lowest BCUT2D eigenvalue weighted by Gasteiger charge is -2.19. The molecular formula is C13H19ClN4O2. The number of nitrogens with one attached hydrogen (secondary N) is 1. The zero-order valence-electron chi connectivity index (χ0n) is 11.9. The summed E-state index contributed by atoms with van der Waals surface area (Å²) in [6, 6.07) is 0. The highest BCUT2D eigenvalue weighted by molar-refractivity contribution is 6.33. The van der Waals surface area contributed by atoms with Crippen LogP contribution in [0, 0.1) is 0 Å². The van der Waals surface area contributed by atoms with Crippen molar-refractivity contribution in [1.82, 2.24) is 15.4 Å². The number of carbonyl (C=O) groups is 1. The van der Waals surface area contributed by atoms with Crippen LogP contribution in [-0.4, -0.2) is 34.6 Å². The van der Waals surface area contributed by atoms with Gasteiger partial charge in [0, 0.05) is 13.1 Å². The lowest BCUT2D eigenvalue weighted by Crippen LogP contribution is -2.34. The SMILES string of the molecule is CC(C)(C)ONC(=O)c1nc(N2CCCC2)ncc1Cl. The average molecular weight is 299 g/mol. The number of halogens is 1. The number of rotatable bonds is 3. The van der Waals surface area contributed by atoms with Gasteiger partial charge in [0.1, 0.15) is 0 Å². The van der Waals surface area contributed by atoms with Crippen molar-refractivity contribution in [3.8, 4) is 0 Å². The summed E-state index contributed by atoms with van der Waals surface area (Å²) in [5.74, 6) is 0.0700. The van der Waals surface area contributed by atoms with E-state index in [-0.39, 0.29) is 10.7 Å². The second kappa shape index (κ2) is 5.93. The van der Waals surface area contributed by atoms with Gasteiger partial charge in [-0.05, 0) is 33.6 Å². The van der Waals surface area contributed by atoms with E-state index in [2.05, 4.69) is 15.4 Å². The summed E-state index contributed by atoms with van der Waals surface area (Å²) in [6.07, 6.45) is 3.68. The van der Waals surface area contributed by atoms with Gasteiger partial charge in [0.05, 0.1) is 16.8 Å². The molecule has 0 aliphatic carbocycles. The fraction of sp³-hybridized carbons (Fsp3) is 0.615. The summed E-state index contributed by atoms with van der Waals surface area (Å²) < 4.78 is 0. The summed E-state index contributed by atoms with van der Waals surface area (Å²) in [5, 5.41) is 0.211. The van der Waals surface area contributed by atoms with Gasteiger partial charge in [-0.1, -0.05) is 11.6 Å². The molecule has 1 aliphatic rings. The third-order valence-electron chi connectivity index (χ3n) is 2.79. The van der Waals surface area contributed by atoms with Crippen LogP contribution in [0.3, 0.4) is 0 Å². The first-order chi connectivity index (χ1) is 9.37. The Morgan fingerprint density at radius 1 is 1.40 bits per heavy atom. The third-order valence-corrected chi connectivity index (χ3v) is 3.06. The lowest BCUT2D eigenvalue weighted by atomic mass is 10.2. The van der Waals surface area contributed by atoms with E-state index in [1.165, 1.54) is 6.20 Å². The molecule has 1 saturated heterocycles. The maximum Gasteiger partial charge on any atom is 0.295 e. The maximum absolute atomic E-state index is 12.0. The summed E-state index contributed by atoms with van der Waals surface area (Å²) in [7, 11) is 0. The normalized spacial score (nSPS) is 15.5. The molecule has 0 radical (unpaired) electrons. The Morgan fingerprint density at radius 2 is 2.05 bits per heavy atom. The Kier molecular flexibility index (Phi) is 4.45. The Hall–Kier alpha value is -1.40. The monoisotopic (exact) mass is 298 g/mol. The fourth-order valence-corrected chi connectivity index (χ4v) is 2.01. The topological polar surface area (TPSA) is 67.3 Å². The van der Waals surface area contributed by atoms with Crippen molar-refractivity contribution in [1.29, 1.82) is 0 Å². The molecule has 2 heterocycles. The molecule has 0 aromatic carbocycles. The zero-order chi connectivity index (χ0) is 14.8. The Morgan fingerprint density at radius 3 is 2.65 bits per heavy atom. The predicted octanol–water partition coefficient (Wildman–Crippen LogP) is 2.19. The van der Waals surface area contributed by atoms with E-state index in [9.17, 15) is 4.79 Å². The second-order valence-corrected chi connectivity index (χ2v) is 6.11. The molecule has 0 unspecified atom stereocenters. The van der Waals surface area contributed by atoms with Gasteiger partial charge in [-0.2, -0.15) is 0 Å². The number of hydrogen-bond acceptors (Lipinski definition) is 5. The van der Waals surface area contributed by atoms with Crippen LogP contribution in [0.1, 0.15) is 44.1 Å². The molecule has 0 bridgehead atoms. The molecule has 7 heteroatoms. The molecule has 1 aliphatic heterocycles. The minimum atomic E-state index is -0.479. The minimum Gasteiger partial charge on any atom is -0.341 e. The predicted molar refractivity (Wildman–Crippen MR) is 76.8 cm³/mol. The highest BCUT2D eigenvalue weighted by atomic mass is 35.5. The first-order valence-corrected chi connectivity index (χ1v) is 7.00. The number of carbonyl (C=O) groups excluding carboxylic acids is 1. The Labute approximate surface area is 123 Å². The molecule has 1 N–H and O–H groups in total. The summed E-state index contributed by atoms with van der Waals surface area (Å²) >= 11 is 5.99. The van der Waals surface area contributed by atoms with E-state index < -0.39 is 11.5 Å². The maximum atomic E-state index is 12.0. The highest BCUT2D eigenvalue weighted by Gasteiger charge is 2.21. The standard InChI is InChI=1S/C13H19ClN4O2/c1-13(2,3)20-17-11(19)10-9(14)8-15-12(16-10)18-6-4-5-7-18/h8H,4-7H2,1-3H3,(H,17,19). The molecule has 20 heavy (non-hydrogen) atoms. The van der Waals surface area contributed by atoms with Crippen molar-refractivity contribution in [2.24, 2.45) is 0 Å². The molecule has 1 fully saturated rings. The van der Waals surface area contributed by atoms with Crippen LogP contribution < -0.4 is 10.4 Å². The molecule has 0 atom stereocenters. The van der Waals surface area contributed by atoms with Crippen LogP contribution in [-0.2, 0) is 4.84 Å². The van der Waals surface area contributed by atoms with Crippen molar-refractivity contribution < 1.29 is 9.63 Å². The molecule has 2 rings (SSSR count). The van der Waals surface area contributed by atoms with E-state index in [4.69, 9.17) is 16.4 Å². The van der Waals surface area contributed by atoms with Crippen LogP contribution in [0.2, 0.25) is 5.02 Å². The molecule has 0 spiro atoms. The van der Waals surface area contributed by atoms with Crippen molar-refractivity contribution in [2.45, 2.75) is 39.2 Å². The Bertz CT molecular complexity index is 496. The molecular weight excluding hydrogens is 280 g/mol. The summed E-state index contributed by atoms with van der Waals surface area (Å²) in [5.41, 5.74) is 2.02. The van der Waals surface area contributed by atoms with Gasteiger partial charge in [0.25, 0.3) is 5.91 Å². The molecule has 1 aromatic heterocycles. The van der Waals surface area contributed by atoms with E-state index in [0.717, 1.165) is 25.9 Å². The summed E-state index contributed by atoms with van der Waals surface area (Å²) in [6.45, 7) is 7.32. The fourth-order valence-electron chi connectivity index (χ4n) is 1.83. The second-order valence-electron chi connectivity index (χ2n) is 5.71. The highest BCUT2D eigenvalue weighted by Crippen LogP contribution is 2.20. The van der Waals surface area contributed by atoms with E-state index >= 15 is 0 Å². The van der Waals surface area contributed by atoms with Gasteiger partial charge >= 0.3 is 0 Å². The molecule has 1 amide bonds. The van der Waals surface area contributed by atoms with Gasteiger partial charge in [-0.25, -0.2) is 15.4 Å². The number of aromatic nitrogens is 2. The van der Waals surface area contributed by atoms with Crippen LogP contribution in [0.4, 0.5) is 5.95 Å². The molecule has 110 valence electrons. The van der Waals surface area contributed by atoms with Gasteiger partial charge < -0.3 is 4.90 Å². The van der Waals surface area contributed by atoms with Crippen molar-refractivity contribution in [3.63, 3.8) is 0 Å². The average Bonchev–Trinajstić information content (AvgIpc) is 2.89. The number of nitrogens with zero attached hydrogens (tertiary/aromatic N) is 3. The van der Waals surface area contributed by atoms with Crippen molar-refractivity contribution >= 4 is 23.5 Å². The number of anilines is 1. The largest absolute Gasteiger partial charge is 0.341 e. The number of hydrogen-bond donors (Lipinski definition) is 1. The molecule has 1 aromatic rings. The van der Waals surface area contributed by atoms with Crippen molar-refractivity contribution in [2.75, 3.05) is 18.0 Å². The summed E-state index contributed by atoms with van der Waals surface area (Å²) in [4.78, 5) is 27.7. The van der Waals surface area contributed by atoms with Gasteiger partial charge in [-0.15, -0.1) is 0 Å². The van der Waals surface area contributed by atoms with Gasteiger partial charge in [0.2, 0.25) is 5.95 Å². The third kappa shape index (κ3) is 3.80. The van der Waals surface area contributed by atoms with E-state index in [1.807, 2.05) is 25.7 Å². The smallest absolute Gasteiger partial charge is 0.295 e. The molecule has 0 saturated carbocycles. The van der Waals surface area contributed by atoms with Crippen LogP contribution in [0.25, 0.3) is 0 Å². The van der Waals surface area contributed by atoms with Crippen molar-refractivity contribution in [3.05, 3.63) is 16.9 Å². The Balaban J connectivity index is 2.13. The first kappa shape index (κ1) is 15.0. The van der Waals surface area contributed by atoms with E-state index in [0.29, 0.717) is 5.95 Å². The van der Waals surface area contributed by atoms with Gasteiger partial charge in [-0.3, -0.25) is 9.63 Å². The molecule has 6 nitrogen and oxygen atoms in total. The number of hydroxylamine groups is 1. The van der Waals surface area contributed by atoms with Crippen LogP contribution in [0.5, 0.6) is 0 Å².